The van der Waals surface area contributed by atoms with Gasteiger partial charge in [-0.15, -0.1) is 11.3 Å². The number of nitrogens with one attached hydrogen (secondary N) is 1. The normalized spacial score (nSPS) is 12.0. The van der Waals surface area contributed by atoms with Crippen molar-refractivity contribution in [3.8, 4) is 0 Å². The van der Waals surface area contributed by atoms with Crippen LogP contribution in [0.4, 0.5) is 5.13 Å². The number of hydrogen-bond donors (Lipinski definition) is 1. The van der Waals surface area contributed by atoms with Crippen LogP contribution < -0.4 is 10.2 Å². The lowest BCUT2D eigenvalue weighted by Gasteiger charge is -2.10. The average molecular weight is 331 g/mol. The van der Waals surface area contributed by atoms with Crippen molar-refractivity contribution in [2.45, 2.75) is 20.4 Å². The first-order chi connectivity index (χ1) is 11.1. The predicted molar refractivity (Wildman–Crippen MR) is 95.3 cm³/mol. The van der Waals surface area contributed by atoms with Crippen LogP contribution in [0.15, 0.2) is 54.0 Å². The summed E-state index contributed by atoms with van der Waals surface area (Å²) in [5.41, 5.74) is 0.717. The Morgan fingerprint density at radius 2 is 1.83 bits per heavy atom. The van der Waals surface area contributed by atoms with Crippen molar-refractivity contribution in [2.24, 2.45) is 0 Å². The molecule has 0 saturated heterocycles. The minimum Gasteiger partial charge on any atom is -0.347 e. The highest BCUT2D eigenvalue weighted by Crippen LogP contribution is 2.19. The molecule has 0 atom stereocenters. The van der Waals surface area contributed by atoms with Gasteiger partial charge < -0.3 is 5.32 Å². The first-order valence-electron chi connectivity index (χ1n) is 7.17. The Hall–Kier alpha value is -2.47. The summed E-state index contributed by atoms with van der Waals surface area (Å²) in [7, 11) is 1.67. The highest BCUT2D eigenvalue weighted by atomic mass is 32.1. The lowest BCUT2D eigenvalue weighted by atomic mass is 10.4. The van der Waals surface area contributed by atoms with Crippen molar-refractivity contribution in [1.82, 2.24) is 10.3 Å². The van der Waals surface area contributed by atoms with E-state index in [1.807, 2.05) is 31.4 Å². The Kier molecular flexibility index (Phi) is 8.31. The molecule has 0 radical (unpaired) electrons. The summed E-state index contributed by atoms with van der Waals surface area (Å²) in [6, 6.07) is 0. The first-order valence-corrected chi connectivity index (χ1v) is 8.05. The Morgan fingerprint density at radius 1 is 1.17 bits per heavy atom. The second-order valence-corrected chi connectivity index (χ2v) is 5.34. The number of nitrogens with zero attached hydrogens (tertiary/aromatic N) is 2. The van der Waals surface area contributed by atoms with Gasteiger partial charge in [0.15, 0.2) is 5.13 Å². The van der Waals surface area contributed by atoms with E-state index < -0.39 is 0 Å². The summed E-state index contributed by atoms with van der Waals surface area (Å²) in [4.78, 5) is 29.3. The predicted octanol–water partition coefficient (Wildman–Crippen LogP) is 2.99. The fourth-order valence-electron chi connectivity index (χ4n) is 1.48. The first kappa shape index (κ1) is 18.6. The average Bonchev–Trinajstić information content (AvgIpc) is 3.01. The number of hydrogen-bond acceptors (Lipinski definition) is 4. The standard InChI is InChI=1S/C17H21N3O2S/c1-4-6-8-10-15(21)18-12-14-13-23-17(19-14)20(3)16(22)11-9-7-5-2/h4-11,13H,12H2,1-3H3,(H,18,21)/b6-4+,7-5+,10-8-,11-9+. The van der Waals surface area contributed by atoms with Gasteiger partial charge in [-0.2, -0.15) is 0 Å². The minimum absolute atomic E-state index is 0.151. The molecule has 0 bridgehead atoms. The maximum atomic E-state index is 11.9. The molecule has 6 heteroatoms. The third kappa shape index (κ3) is 6.88. The molecular weight excluding hydrogens is 310 g/mol. The van der Waals surface area contributed by atoms with E-state index in [1.54, 1.807) is 31.4 Å². The Bertz CT molecular complexity index is 642. The van der Waals surface area contributed by atoms with Crippen LogP contribution in [0, 0.1) is 0 Å². The summed E-state index contributed by atoms with van der Waals surface area (Å²) in [6.45, 7) is 4.09. The molecule has 0 saturated carbocycles. The Morgan fingerprint density at radius 3 is 2.48 bits per heavy atom. The van der Waals surface area contributed by atoms with Crippen LogP contribution in [0.1, 0.15) is 19.5 Å². The number of carbonyl (C=O) groups is 2. The topological polar surface area (TPSA) is 62.3 Å². The molecular formula is C17H21N3O2S. The summed E-state index contributed by atoms with van der Waals surface area (Å²) >= 11 is 1.36. The van der Waals surface area contributed by atoms with Crippen molar-refractivity contribution in [3.63, 3.8) is 0 Å². The maximum Gasteiger partial charge on any atom is 0.252 e. The van der Waals surface area contributed by atoms with Gasteiger partial charge in [0.2, 0.25) is 5.91 Å². The largest absolute Gasteiger partial charge is 0.347 e. The minimum atomic E-state index is -0.184. The zero-order valence-corrected chi connectivity index (χ0v) is 14.3. The molecule has 0 spiro atoms. The Balaban J connectivity index is 2.57. The fraction of sp³-hybridized carbons (Fsp3) is 0.235. The molecule has 0 aliphatic carbocycles. The van der Waals surface area contributed by atoms with Crippen LogP contribution in [-0.2, 0) is 16.1 Å². The highest BCUT2D eigenvalue weighted by molar-refractivity contribution is 7.14. The van der Waals surface area contributed by atoms with Gasteiger partial charge in [-0.1, -0.05) is 36.5 Å². The highest BCUT2D eigenvalue weighted by Gasteiger charge is 2.12. The van der Waals surface area contributed by atoms with E-state index in [0.29, 0.717) is 11.7 Å². The van der Waals surface area contributed by atoms with Gasteiger partial charge in [0.25, 0.3) is 5.91 Å². The molecule has 5 nitrogen and oxygen atoms in total. The number of amides is 2. The summed E-state index contributed by atoms with van der Waals surface area (Å²) < 4.78 is 0. The van der Waals surface area contributed by atoms with E-state index in [-0.39, 0.29) is 11.8 Å². The van der Waals surface area contributed by atoms with Gasteiger partial charge in [0.05, 0.1) is 12.2 Å². The van der Waals surface area contributed by atoms with Crippen LogP contribution >= 0.6 is 11.3 Å². The molecule has 122 valence electrons. The van der Waals surface area contributed by atoms with E-state index in [4.69, 9.17) is 0 Å². The molecule has 1 aromatic heterocycles. The SMILES string of the molecule is C/C=C/C=C\C(=O)NCc1csc(N(C)C(=O)/C=C/C=C/C)n1. The molecule has 2 amide bonds. The van der Waals surface area contributed by atoms with E-state index in [0.717, 1.165) is 5.69 Å². The summed E-state index contributed by atoms with van der Waals surface area (Å²) in [6.07, 6.45) is 13.5. The van der Waals surface area contributed by atoms with E-state index in [1.165, 1.54) is 28.4 Å². The van der Waals surface area contributed by atoms with Crippen molar-refractivity contribution < 1.29 is 9.59 Å². The molecule has 1 heterocycles. The van der Waals surface area contributed by atoms with Crippen LogP contribution in [0.3, 0.4) is 0 Å². The number of carbonyl (C=O) groups excluding carboxylic acids is 2. The second kappa shape index (κ2) is 10.3. The lowest BCUT2D eigenvalue weighted by molar-refractivity contribution is -0.116. The number of likely N-dealkylation sites (N-methyl/N-ethyl adjacent to an activating group) is 1. The van der Waals surface area contributed by atoms with Crippen molar-refractivity contribution in [2.75, 3.05) is 11.9 Å². The van der Waals surface area contributed by atoms with Crippen LogP contribution in [-0.4, -0.2) is 23.8 Å². The molecule has 0 aliphatic heterocycles. The molecule has 0 unspecified atom stereocenters. The van der Waals surface area contributed by atoms with Crippen LogP contribution in [0.5, 0.6) is 0 Å². The smallest absolute Gasteiger partial charge is 0.252 e. The zero-order valence-electron chi connectivity index (χ0n) is 13.5. The molecule has 1 aromatic rings. The third-order valence-electron chi connectivity index (χ3n) is 2.69. The summed E-state index contributed by atoms with van der Waals surface area (Å²) in [5.74, 6) is -0.335. The molecule has 23 heavy (non-hydrogen) atoms. The molecule has 1 N–H and O–H groups in total. The van der Waals surface area contributed by atoms with Gasteiger partial charge in [-0.25, -0.2) is 4.98 Å². The van der Waals surface area contributed by atoms with Gasteiger partial charge >= 0.3 is 0 Å². The number of allylic oxidation sites excluding steroid dienone is 6. The van der Waals surface area contributed by atoms with Gasteiger partial charge in [0, 0.05) is 24.6 Å². The van der Waals surface area contributed by atoms with E-state index in [9.17, 15) is 9.59 Å². The monoisotopic (exact) mass is 331 g/mol. The number of aromatic nitrogens is 1. The van der Waals surface area contributed by atoms with Crippen LogP contribution in [0.25, 0.3) is 0 Å². The van der Waals surface area contributed by atoms with Gasteiger partial charge in [-0.3, -0.25) is 14.5 Å². The van der Waals surface area contributed by atoms with E-state index >= 15 is 0 Å². The number of anilines is 1. The maximum absolute atomic E-state index is 11.9. The summed E-state index contributed by atoms with van der Waals surface area (Å²) in [5, 5.41) is 5.15. The van der Waals surface area contributed by atoms with E-state index in [2.05, 4.69) is 10.3 Å². The molecule has 0 fully saturated rings. The van der Waals surface area contributed by atoms with Gasteiger partial charge in [0.1, 0.15) is 0 Å². The lowest BCUT2D eigenvalue weighted by Crippen LogP contribution is -2.24. The molecule has 0 aliphatic rings. The quantitative estimate of drug-likeness (QED) is 0.617. The molecule has 0 aromatic carbocycles. The van der Waals surface area contributed by atoms with Crippen molar-refractivity contribution in [3.05, 3.63) is 59.7 Å². The Labute approximate surface area is 140 Å². The number of rotatable bonds is 7. The van der Waals surface area contributed by atoms with Gasteiger partial charge in [-0.05, 0) is 13.8 Å². The molecule has 1 rings (SSSR count). The van der Waals surface area contributed by atoms with Crippen LogP contribution in [0.2, 0.25) is 0 Å². The zero-order chi connectivity index (χ0) is 17.1. The van der Waals surface area contributed by atoms with Crippen molar-refractivity contribution >= 4 is 28.3 Å². The number of thiazole rings is 1. The van der Waals surface area contributed by atoms with Crippen molar-refractivity contribution in [1.29, 1.82) is 0 Å². The third-order valence-corrected chi connectivity index (χ3v) is 3.66. The fourth-order valence-corrected chi connectivity index (χ4v) is 2.27. The second-order valence-electron chi connectivity index (χ2n) is 4.51.